The molecule has 0 radical (unpaired) electrons. The summed E-state index contributed by atoms with van der Waals surface area (Å²) in [6.07, 6.45) is 0.614. The highest BCUT2D eigenvalue weighted by Crippen LogP contribution is 2.13. The number of halogens is 2. The molecule has 0 unspecified atom stereocenters. The quantitative estimate of drug-likeness (QED) is 0.698. The number of benzene rings is 2. The number of nitrogens with two attached hydrogens (primary N) is 1. The van der Waals surface area contributed by atoms with Crippen LogP contribution >= 0.6 is 0 Å². The fourth-order valence-corrected chi connectivity index (χ4v) is 2.57. The van der Waals surface area contributed by atoms with Crippen LogP contribution in [0.25, 0.3) is 0 Å². The maximum Gasteiger partial charge on any atom is 0.223 e. The molecule has 0 heterocycles. The van der Waals surface area contributed by atoms with E-state index in [2.05, 4.69) is 0 Å². The summed E-state index contributed by atoms with van der Waals surface area (Å²) in [6.45, 7) is 1.41. The summed E-state index contributed by atoms with van der Waals surface area (Å²) < 4.78 is 26.2. The average Bonchev–Trinajstić information content (AvgIpc) is 2.65. The zero-order valence-corrected chi connectivity index (χ0v) is 14.5. The molecule has 0 aliphatic carbocycles. The Morgan fingerprint density at radius 3 is 2.35 bits per heavy atom. The molecule has 2 N–H and O–H groups in total. The normalized spacial score (nSPS) is 10.6. The molecule has 0 aliphatic heterocycles. The van der Waals surface area contributed by atoms with Crippen molar-refractivity contribution in [2.24, 2.45) is 5.73 Å². The molecule has 1 amide bonds. The van der Waals surface area contributed by atoms with Crippen molar-refractivity contribution < 1.29 is 18.4 Å². The Hall–Kier alpha value is -2.60. The van der Waals surface area contributed by atoms with Crippen molar-refractivity contribution in [3.8, 4) is 0 Å². The summed E-state index contributed by atoms with van der Waals surface area (Å²) in [6, 6.07) is 12.5. The van der Waals surface area contributed by atoms with Crippen LogP contribution in [0.3, 0.4) is 0 Å². The summed E-state index contributed by atoms with van der Waals surface area (Å²) >= 11 is 0. The predicted octanol–water partition coefficient (Wildman–Crippen LogP) is 3.31. The molecular formula is C20H22F2N2O2. The summed E-state index contributed by atoms with van der Waals surface area (Å²) in [5, 5.41) is 0. The lowest BCUT2D eigenvalue weighted by molar-refractivity contribution is -0.131. The van der Waals surface area contributed by atoms with E-state index < -0.39 is 17.4 Å². The third-order valence-electron chi connectivity index (χ3n) is 4.01. The Labute approximate surface area is 151 Å². The molecule has 4 nitrogen and oxygen atoms in total. The minimum Gasteiger partial charge on any atom is -0.338 e. The standard InChI is InChI=1S/C20H22F2N2O2/c21-17-8-7-16(13-18(17)22)19(25)9-10-20(26)24(12-4-11-23)14-15-5-2-1-3-6-15/h1-3,5-8,13H,4,9-12,14,23H2. The lowest BCUT2D eigenvalue weighted by atomic mass is 10.1. The predicted molar refractivity (Wildman–Crippen MR) is 95.5 cm³/mol. The molecule has 2 rings (SSSR count). The molecule has 0 bridgehead atoms. The van der Waals surface area contributed by atoms with Gasteiger partial charge in [0.1, 0.15) is 0 Å². The maximum atomic E-state index is 13.2. The zero-order valence-electron chi connectivity index (χ0n) is 14.5. The second kappa shape index (κ2) is 9.77. The highest BCUT2D eigenvalue weighted by molar-refractivity contribution is 5.97. The van der Waals surface area contributed by atoms with Gasteiger partial charge in [-0.2, -0.15) is 0 Å². The number of Topliss-reactive ketones (excluding diaryl/α,β-unsaturated/α-hetero) is 1. The number of rotatable bonds is 9. The topological polar surface area (TPSA) is 63.4 Å². The average molecular weight is 360 g/mol. The summed E-state index contributed by atoms with van der Waals surface area (Å²) in [5.41, 5.74) is 6.59. The van der Waals surface area contributed by atoms with Crippen molar-refractivity contribution in [1.29, 1.82) is 0 Å². The number of nitrogens with zero attached hydrogens (tertiary/aromatic N) is 1. The monoisotopic (exact) mass is 360 g/mol. The zero-order chi connectivity index (χ0) is 18.9. The highest BCUT2D eigenvalue weighted by Gasteiger charge is 2.17. The molecule has 2 aromatic carbocycles. The molecule has 0 fully saturated rings. The number of ketones is 1. The van der Waals surface area contributed by atoms with Crippen LogP contribution in [0, 0.1) is 11.6 Å². The first kappa shape index (κ1) is 19.7. The molecule has 0 saturated carbocycles. The second-order valence-electron chi connectivity index (χ2n) is 6.00. The van der Waals surface area contributed by atoms with Crippen LogP contribution < -0.4 is 5.73 Å². The molecule has 0 aromatic heterocycles. The number of amides is 1. The Morgan fingerprint density at radius 1 is 0.962 bits per heavy atom. The van der Waals surface area contributed by atoms with Crippen molar-refractivity contribution in [1.82, 2.24) is 4.90 Å². The van der Waals surface area contributed by atoms with Gasteiger partial charge in [-0.1, -0.05) is 30.3 Å². The van der Waals surface area contributed by atoms with Crippen LogP contribution in [-0.2, 0) is 11.3 Å². The van der Waals surface area contributed by atoms with Crippen LogP contribution in [0.1, 0.15) is 35.2 Å². The van der Waals surface area contributed by atoms with Gasteiger partial charge < -0.3 is 10.6 Å². The van der Waals surface area contributed by atoms with Gasteiger partial charge >= 0.3 is 0 Å². The smallest absolute Gasteiger partial charge is 0.223 e. The molecule has 26 heavy (non-hydrogen) atoms. The Balaban J connectivity index is 1.97. The maximum absolute atomic E-state index is 13.2. The third kappa shape index (κ3) is 5.74. The number of hydrogen-bond donors (Lipinski definition) is 1. The van der Waals surface area contributed by atoms with Crippen LogP contribution in [0.4, 0.5) is 8.78 Å². The Bertz CT molecular complexity index is 751. The SMILES string of the molecule is NCCCN(Cc1ccccc1)C(=O)CCC(=O)c1ccc(F)c(F)c1. The van der Waals surface area contributed by atoms with Gasteiger partial charge in [0, 0.05) is 31.5 Å². The first-order valence-electron chi connectivity index (χ1n) is 8.51. The largest absolute Gasteiger partial charge is 0.338 e. The second-order valence-corrected chi connectivity index (χ2v) is 6.00. The van der Waals surface area contributed by atoms with E-state index in [0.717, 1.165) is 17.7 Å². The Kier molecular flexibility index (Phi) is 7.41. The van der Waals surface area contributed by atoms with Crippen LogP contribution in [0.5, 0.6) is 0 Å². The number of carbonyl (C=O) groups excluding carboxylic acids is 2. The molecule has 0 atom stereocenters. The van der Waals surface area contributed by atoms with Crippen LogP contribution in [0.15, 0.2) is 48.5 Å². The van der Waals surface area contributed by atoms with Crippen molar-refractivity contribution >= 4 is 11.7 Å². The fourth-order valence-electron chi connectivity index (χ4n) is 2.57. The van der Waals surface area contributed by atoms with Crippen LogP contribution in [-0.4, -0.2) is 29.7 Å². The van der Waals surface area contributed by atoms with E-state index in [-0.39, 0.29) is 24.3 Å². The van der Waals surface area contributed by atoms with E-state index in [4.69, 9.17) is 5.73 Å². The van der Waals surface area contributed by atoms with E-state index >= 15 is 0 Å². The van der Waals surface area contributed by atoms with E-state index in [1.807, 2.05) is 30.3 Å². The molecule has 0 saturated heterocycles. The van der Waals surface area contributed by atoms with Crippen molar-refractivity contribution in [3.63, 3.8) is 0 Å². The fraction of sp³-hybridized carbons (Fsp3) is 0.300. The number of hydrogen-bond acceptors (Lipinski definition) is 3. The van der Waals surface area contributed by atoms with Gasteiger partial charge in [0.2, 0.25) is 5.91 Å². The minimum absolute atomic E-state index is 0.00916. The highest BCUT2D eigenvalue weighted by atomic mass is 19.2. The van der Waals surface area contributed by atoms with E-state index in [0.29, 0.717) is 26.1 Å². The lowest BCUT2D eigenvalue weighted by Crippen LogP contribution is -2.32. The van der Waals surface area contributed by atoms with Crippen molar-refractivity contribution in [2.75, 3.05) is 13.1 Å². The van der Waals surface area contributed by atoms with Gasteiger partial charge in [0.05, 0.1) is 0 Å². The Morgan fingerprint density at radius 2 is 1.69 bits per heavy atom. The van der Waals surface area contributed by atoms with Crippen molar-refractivity contribution in [2.45, 2.75) is 25.8 Å². The molecule has 6 heteroatoms. The molecule has 2 aromatic rings. The summed E-state index contributed by atoms with van der Waals surface area (Å²) in [7, 11) is 0. The van der Waals surface area contributed by atoms with Gasteiger partial charge in [0.25, 0.3) is 0 Å². The number of carbonyl (C=O) groups is 2. The van der Waals surface area contributed by atoms with Crippen molar-refractivity contribution in [3.05, 3.63) is 71.3 Å². The third-order valence-corrected chi connectivity index (χ3v) is 4.01. The summed E-state index contributed by atoms with van der Waals surface area (Å²) in [4.78, 5) is 26.3. The first-order chi connectivity index (χ1) is 12.5. The van der Waals surface area contributed by atoms with Gasteiger partial charge in [0.15, 0.2) is 17.4 Å². The van der Waals surface area contributed by atoms with Gasteiger partial charge in [-0.05, 0) is 36.7 Å². The molecule has 0 aliphatic rings. The van der Waals surface area contributed by atoms with Crippen LogP contribution in [0.2, 0.25) is 0 Å². The summed E-state index contributed by atoms with van der Waals surface area (Å²) in [5.74, 6) is -2.64. The lowest BCUT2D eigenvalue weighted by Gasteiger charge is -2.22. The van der Waals surface area contributed by atoms with Gasteiger partial charge in [-0.25, -0.2) is 8.78 Å². The van der Waals surface area contributed by atoms with Gasteiger partial charge in [-0.3, -0.25) is 9.59 Å². The van der Waals surface area contributed by atoms with E-state index in [9.17, 15) is 18.4 Å². The van der Waals surface area contributed by atoms with E-state index in [1.54, 1.807) is 4.90 Å². The van der Waals surface area contributed by atoms with Gasteiger partial charge in [-0.15, -0.1) is 0 Å². The molecule has 138 valence electrons. The first-order valence-corrected chi connectivity index (χ1v) is 8.51. The minimum atomic E-state index is -1.07. The van der Waals surface area contributed by atoms with E-state index in [1.165, 1.54) is 6.07 Å². The molecule has 0 spiro atoms. The molecular weight excluding hydrogens is 338 g/mol.